The third kappa shape index (κ3) is 8.18. The van der Waals surface area contributed by atoms with Crippen LogP contribution in [0.15, 0.2) is 118 Å². The van der Waals surface area contributed by atoms with Gasteiger partial charge in [0.15, 0.2) is 11.2 Å². The van der Waals surface area contributed by atoms with E-state index in [-0.39, 0.29) is 23.3 Å². The van der Waals surface area contributed by atoms with E-state index >= 15 is 0 Å². The summed E-state index contributed by atoms with van der Waals surface area (Å²) in [5.41, 5.74) is 6.34. The van der Waals surface area contributed by atoms with Crippen LogP contribution in [0.3, 0.4) is 0 Å². The molecule has 4 aromatic carbocycles. The van der Waals surface area contributed by atoms with E-state index in [4.69, 9.17) is 20.4 Å². The Morgan fingerprint density at radius 3 is 1.65 bits per heavy atom. The number of hydrogen-bond donors (Lipinski definition) is 3. The summed E-state index contributed by atoms with van der Waals surface area (Å²) >= 11 is 5.59. The van der Waals surface area contributed by atoms with E-state index in [1.807, 2.05) is 26.0 Å². The summed E-state index contributed by atoms with van der Waals surface area (Å²) in [5.74, 6) is 0.0872. The zero-order chi connectivity index (χ0) is 40.1. The number of carbonyl (C=O) groups is 4. The van der Waals surface area contributed by atoms with Gasteiger partial charge in [0, 0.05) is 55.0 Å². The van der Waals surface area contributed by atoms with Crippen molar-refractivity contribution in [2.24, 2.45) is 7.05 Å². The lowest BCUT2D eigenvalue weighted by Gasteiger charge is -2.07. The van der Waals surface area contributed by atoms with E-state index in [2.05, 4.69) is 36.1 Å². The Morgan fingerprint density at radius 2 is 1.14 bits per heavy atom. The Bertz CT molecular complexity index is 2750. The Kier molecular flexibility index (Phi) is 11.0. The van der Waals surface area contributed by atoms with Gasteiger partial charge in [-0.25, -0.2) is 9.97 Å². The number of aromatic nitrogens is 6. The number of hydrogen-bond acceptors (Lipinski definition) is 10. The van der Waals surface area contributed by atoms with E-state index in [9.17, 15) is 19.2 Å². The molecule has 0 fully saturated rings. The van der Waals surface area contributed by atoms with Gasteiger partial charge in [0.05, 0.1) is 11.1 Å². The number of fused-ring (bicyclic) bond motifs is 2. The third-order valence-electron chi connectivity index (χ3n) is 8.71. The zero-order valence-corrected chi connectivity index (χ0v) is 31.6. The van der Waals surface area contributed by atoms with Crippen molar-refractivity contribution in [3.63, 3.8) is 0 Å². The highest BCUT2D eigenvalue weighted by Crippen LogP contribution is 2.29. The SMILES string of the molecule is CCNC(=O)c1cccc2nc(-c3ccc(NC(=O)c4ccnn4CC)cc3)oc12.Cn1nccc1C(=O)Nc1ccc(-c2nc3cccc(C(=O)Cl)c3o2)cc1. The number of carbonyl (C=O) groups excluding carboxylic acids is 4. The van der Waals surface area contributed by atoms with Gasteiger partial charge in [0.2, 0.25) is 11.8 Å². The van der Waals surface area contributed by atoms with Crippen molar-refractivity contribution in [1.82, 2.24) is 34.8 Å². The van der Waals surface area contributed by atoms with E-state index in [0.717, 1.165) is 5.56 Å². The van der Waals surface area contributed by atoms with Crippen LogP contribution in [0.1, 0.15) is 55.5 Å². The number of benzene rings is 4. The largest absolute Gasteiger partial charge is 0.435 e. The first-order chi connectivity index (χ1) is 27.6. The fourth-order valence-corrected chi connectivity index (χ4v) is 6.04. The van der Waals surface area contributed by atoms with Crippen molar-refractivity contribution in [3.05, 3.63) is 132 Å². The molecule has 3 amide bonds. The number of oxazole rings is 2. The van der Waals surface area contributed by atoms with Gasteiger partial charge in [-0.05, 0) is 110 Å². The van der Waals surface area contributed by atoms with Gasteiger partial charge in [-0.2, -0.15) is 10.2 Å². The predicted molar refractivity (Wildman–Crippen MR) is 214 cm³/mol. The zero-order valence-electron chi connectivity index (χ0n) is 30.8. The Hall–Kier alpha value is -7.39. The second-order valence-electron chi connectivity index (χ2n) is 12.4. The van der Waals surface area contributed by atoms with Crippen molar-refractivity contribution < 1.29 is 28.0 Å². The summed E-state index contributed by atoms with van der Waals surface area (Å²) in [7, 11) is 1.70. The molecule has 57 heavy (non-hydrogen) atoms. The number of halogens is 1. The maximum Gasteiger partial charge on any atom is 0.273 e. The van der Waals surface area contributed by atoms with Gasteiger partial charge in [0.1, 0.15) is 22.4 Å². The number of rotatable bonds is 10. The van der Waals surface area contributed by atoms with Gasteiger partial charge in [-0.3, -0.25) is 28.5 Å². The van der Waals surface area contributed by atoms with Gasteiger partial charge in [-0.1, -0.05) is 12.1 Å². The summed E-state index contributed by atoms with van der Waals surface area (Å²) in [6.45, 7) is 4.93. The molecule has 3 N–H and O–H groups in total. The second-order valence-corrected chi connectivity index (χ2v) is 12.8. The Labute approximate surface area is 329 Å². The molecule has 15 nitrogen and oxygen atoms in total. The molecule has 0 bridgehead atoms. The monoisotopic (exact) mass is 783 g/mol. The second kappa shape index (κ2) is 16.5. The lowest BCUT2D eigenvalue weighted by molar-refractivity contribution is 0.0954. The molecule has 0 aliphatic heterocycles. The lowest BCUT2D eigenvalue weighted by Crippen LogP contribution is -2.22. The van der Waals surface area contributed by atoms with E-state index in [0.29, 0.717) is 81.0 Å². The minimum Gasteiger partial charge on any atom is -0.435 e. The van der Waals surface area contributed by atoms with Crippen LogP contribution in [0.25, 0.3) is 45.1 Å². The van der Waals surface area contributed by atoms with Gasteiger partial charge >= 0.3 is 0 Å². The van der Waals surface area contributed by atoms with Crippen LogP contribution in [-0.4, -0.2) is 59.0 Å². The maximum absolute atomic E-state index is 12.4. The lowest BCUT2D eigenvalue weighted by atomic mass is 10.2. The molecule has 8 aromatic rings. The molecule has 0 saturated carbocycles. The number of anilines is 2. The molecular formula is C41H34ClN9O6. The highest BCUT2D eigenvalue weighted by Gasteiger charge is 2.18. The van der Waals surface area contributed by atoms with Crippen LogP contribution in [-0.2, 0) is 13.6 Å². The van der Waals surface area contributed by atoms with Crippen molar-refractivity contribution in [2.45, 2.75) is 20.4 Å². The van der Waals surface area contributed by atoms with Crippen molar-refractivity contribution in [1.29, 1.82) is 0 Å². The molecule has 0 atom stereocenters. The van der Waals surface area contributed by atoms with E-state index in [1.165, 1.54) is 4.68 Å². The Balaban J connectivity index is 0.000000175. The highest BCUT2D eigenvalue weighted by atomic mass is 35.5. The highest BCUT2D eigenvalue weighted by molar-refractivity contribution is 6.68. The number of nitrogens with one attached hydrogen (secondary N) is 3. The average Bonchev–Trinajstić information content (AvgIpc) is 4.04. The summed E-state index contributed by atoms with van der Waals surface area (Å²) in [6.07, 6.45) is 3.16. The van der Waals surface area contributed by atoms with Crippen molar-refractivity contribution in [2.75, 3.05) is 17.2 Å². The molecule has 0 aliphatic carbocycles. The number of nitrogens with zero attached hydrogens (tertiary/aromatic N) is 6. The summed E-state index contributed by atoms with van der Waals surface area (Å²) in [4.78, 5) is 57.3. The molecule has 286 valence electrons. The maximum atomic E-state index is 12.4. The van der Waals surface area contributed by atoms with Crippen LogP contribution in [0, 0.1) is 0 Å². The van der Waals surface area contributed by atoms with E-state index in [1.54, 1.807) is 109 Å². The van der Waals surface area contributed by atoms with Crippen LogP contribution < -0.4 is 16.0 Å². The summed E-state index contributed by atoms with van der Waals surface area (Å²) < 4.78 is 14.7. The molecule has 4 heterocycles. The summed E-state index contributed by atoms with van der Waals surface area (Å²) in [5, 5.41) is 15.9. The number of aryl methyl sites for hydroxylation is 2. The molecule has 0 saturated heterocycles. The minimum absolute atomic E-state index is 0.199. The smallest absolute Gasteiger partial charge is 0.273 e. The third-order valence-corrected chi connectivity index (χ3v) is 8.91. The number of amides is 3. The van der Waals surface area contributed by atoms with Crippen LogP contribution in [0.4, 0.5) is 11.4 Å². The minimum atomic E-state index is -0.600. The molecular weight excluding hydrogens is 750 g/mol. The van der Waals surface area contributed by atoms with Crippen LogP contribution in [0.5, 0.6) is 0 Å². The first-order valence-corrected chi connectivity index (χ1v) is 18.1. The molecule has 0 unspecified atom stereocenters. The quantitative estimate of drug-likeness (QED) is 0.117. The van der Waals surface area contributed by atoms with Gasteiger partial charge in [-0.15, -0.1) is 0 Å². The van der Waals surface area contributed by atoms with Crippen molar-refractivity contribution in [3.8, 4) is 22.9 Å². The number of para-hydroxylation sites is 2. The van der Waals surface area contributed by atoms with Crippen molar-refractivity contribution >= 4 is 68.1 Å². The predicted octanol–water partition coefficient (Wildman–Crippen LogP) is 7.57. The first-order valence-electron chi connectivity index (χ1n) is 17.7. The molecule has 0 spiro atoms. The topological polar surface area (TPSA) is 192 Å². The molecule has 0 radical (unpaired) electrons. The first kappa shape index (κ1) is 37.9. The standard InChI is InChI=1S/C22H21N5O3.C19H13ClN4O3/c1-3-23-20(28)16-6-5-7-17-19(16)30-22(26-17)14-8-10-15(11-9-14)25-21(29)18-12-13-24-27(18)4-2;1-24-15(9-10-21-24)18(26)22-12-7-5-11(6-8-12)19-23-14-4-2-3-13(17(20)25)16(14)27-19/h5-13H,3-4H2,1-2H3,(H,23,28)(H,25,29);2-10H,1H3,(H,22,26). The molecule has 4 aromatic heterocycles. The van der Waals surface area contributed by atoms with Crippen LogP contribution >= 0.6 is 11.6 Å². The Morgan fingerprint density at radius 1 is 0.632 bits per heavy atom. The molecule has 8 rings (SSSR count). The fourth-order valence-electron chi connectivity index (χ4n) is 5.89. The molecule has 16 heteroatoms. The summed E-state index contributed by atoms with van der Waals surface area (Å²) in [6, 6.07) is 27.8. The normalized spacial score (nSPS) is 10.9. The van der Waals surface area contributed by atoms with Gasteiger partial charge in [0.25, 0.3) is 23.0 Å². The van der Waals surface area contributed by atoms with Crippen LogP contribution in [0.2, 0.25) is 0 Å². The fraction of sp³-hybridized carbons (Fsp3) is 0.122. The van der Waals surface area contributed by atoms with E-state index < -0.39 is 5.24 Å². The average molecular weight is 784 g/mol. The van der Waals surface area contributed by atoms with Gasteiger partial charge < -0.3 is 24.8 Å². The molecule has 0 aliphatic rings.